The summed E-state index contributed by atoms with van der Waals surface area (Å²) in [5.74, 6) is 0.253. The Morgan fingerprint density at radius 2 is 2.21 bits per heavy atom. The molecule has 14 heavy (non-hydrogen) atoms. The number of ketones is 1. The molecule has 1 aromatic rings. The van der Waals surface area contributed by atoms with Gasteiger partial charge in [-0.3, -0.25) is 4.79 Å². The molecule has 0 saturated carbocycles. The first-order valence-electron chi connectivity index (χ1n) is 5.05. The van der Waals surface area contributed by atoms with E-state index in [1.54, 1.807) is 11.3 Å². The minimum atomic E-state index is 0.253. The van der Waals surface area contributed by atoms with Crippen LogP contribution >= 0.6 is 11.3 Å². The molecule has 2 rings (SSSR count). The lowest BCUT2D eigenvalue weighted by molar-refractivity contribution is 0.102. The lowest BCUT2D eigenvalue weighted by atomic mass is 9.93. The maximum Gasteiger partial charge on any atom is 0.189 e. The van der Waals surface area contributed by atoms with Crippen molar-refractivity contribution in [2.45, 2.75) is 32.6 Å². The van der Waals surface area contributed by atoms with Crippen molar-refractivity contribution in [3.63, 3.8) is 0 Å². The van der Waals surface area contributed by atoms with Gasteiger partial charge in [0.1, 0.15) is 0 Å². The predicted octanol–water partition coefficient (Wildman–Crippen LogP) is 3.74. The monoisotopic (exact) mass is 206 g/mol. The normalized spacial score (nSPS) is 16.5. The molecule has 0 saturated heterocycles. The molecule has 1 aliphatic carbocycles. The number of Topliss-reactive ketones (excluding diaryl/α,β-unsaturated/α-hetero) is 1. The quantitative estimate of drug-likeness (QED) is 0.674. The van der Waals surface area contributed by atoms with E-state index >= 15 is 0 Å². The molecule has 0 spiro atoms. The first kappa shape index (κ1) is 9.66. The summed E-state index contributed by atoms with van der Waals surface area (Å²) in [6, 6.07) is 0. The zero-order valence-corrected chi connectivity index (χ0v) is 9.19. The number of carbonyl (C=O) groups excluding carboxylic acids is 1. The van der Waals surface area contributed by atoms with Crippen LogP contribution < -0.4 is 0 Å². The van der Waals surface area contributed by atoms with E-state index in [2.05, 4.69) is 6.08 Å². The van der Waals surface area contributed by atoms with Gasteiger partial charge in [-0.2, -0.15) is 11.3 Å². The summed E-state index contributed by atoms with van der Waals surface area (Å²) in [5.41, 5.74) is 3.05. The summed E-state index contributed by atoms with van der Waals surface area (Å²) >= 11 is 1.61. The molecule has 0 N–H and O–H groups in total. The molecule has 0 unspecified atom stereocenters. The second-order valence-corrected chi connectivity index (χ2v) is 4.52. The van der Waals surface area contributed by atoms with Crippen LogP contribution in [0.2, 0.25) is 0 Å². The highest BCUT2D eigenvalue weighted by molar-refractivity contribution is 7.08. The van der Waals surface area contributed by atoms with Crippen LogP contribution in [-0.2, 0) is 0 Å². The Labute approximate surface area is 88.5 Å². The zero-order valence-electron chi connectivity index (χ0n) is 8.38. The van der Waals surface area contributed by atoms with Gasteiger partial charge in [-0.1, -0.05) is 6.08 Å². The van der Waals surface area contributed by atoms with Gasteiger partial charge in [0.15, 0.2) is 5.78 Å². The van der Waals surface area contributed by atoms with Crippen LogP contribution in [-0.4, -0.2) is 5.78 Å². The van der Waals surface area contributed by atoms with Gasteiger partial charge in [0.05, 0.1) is 0 Å². The fraction of sp³-hybridized carbons (Fsp3) is 0.417. The van der Waals surface area contributed by atoms with Crippen LogP contribution in [0.25, 0.3) is 0 Å². The van der Waals surface area contributed by atoms with Crippen LogP contribution in [0.1, 0.15) is 41.6 Å². The molecule has 0 fully saturated rings. The van der Waals surface area contributed by atoms with Crippen molar-refractivity contribution >= 4 is 17.1 Å². The summed E-state index contributed by atoms with van der Waals surface area (Å²) in [6.07, 6.45) is 6.56. The van der Waals surface area contributed by atoms with Crippen molar-refractivity contribution in [1.82, 2.24) is 0 Å². The number of rotatable bonds is 2. The Bertz CT molecular complexity index is 373. The maximum atomic E-state index is 12.0. The third kappa shape index (κ3) is 1.80. The molecular weight excluding hydrogens is 192 g/mol. The third-order valence-electron chi connectivity index (χ3n) is 2.68. The average molecular weight is 206 g/mol. The van der Waals surface area contributed by atoms with Crippen LogP contribution in [0.4, 0.5) is 0 Å². The van der Waals surface area contributed by atoms with E-state index in [1.807, 2.05) is 17.7 Å². The van der Waals surface area contributed by atoms with Gasteiger partial charge in [0.25, 0.3) is 0 Å². The van der Waals surface area contributed by atoms with Crippen LogP contribution in [0.3, 0.4) is 0 Å². The highest BCUT2D eigenvalue weighted by Crippen LogP contribution is 2.24. The molecule has 0 radical (unpaired) electrons. The fourth-order valence-corrected chi connectivity index (χ4v) is 2.64. The van der Waals surface area contributed by atoms with Gasteiger partial charge in [-0.15, -0.1) is 0 Å². The predicted molar refractivity (Wildman–Crippen MR) is 59.9 cm³/mol. The van der Waals surface area contributed by atoms with Gasteiger partial charge in [-0.05, 0) is 49.1 Å². The van der Waals surface area contributed by atoms with Crippen molar-refractivity contribution in [1.29, 1.82) is 0 Å². The number of aryl methyl sites for hydroxylation is 1. The molecule has 1 heterocycles. The lowest BCUT2D eigenvalue weighted by Crippen LogP contribution is -2.06. The van der Waals surface area contributed by atoms with Crippen LogP contribution in [0.15, 0.2) is 22.4 Å². The Kier molecular flexibility index (Phi) is 2.82. The van der Waals surface area contributed by atoms with E-state index < -0.39 is 0 Å². The summed E-state index contributed by atoms with van der Waals surface area (Å²) in [4.78, 5) is 12.0. The molecule has 1 aromatic heterocycles. The molecule has 0 aromatic carbocycles. The molecule has 0 aliphatic heterocycles. The second-order valence-electron chi connectivity index (χ2n) is 3.77. The Balaban J connectivity index is 2.23. The molecule has 74 valence electrons. The standard InChI is InChI=1S/C12H14OS/c1-9-7-14-8-11(9)12(13)10-5-3-2-4-6-10/h5,7-8H,2-4,6H2,1H3. The molecule has 0 amide bonds. The molecular formula is C12H14OS. The molecule has 2 heteroatoms. The van der Waals surface area contributed by atoms with Gasteiger partial charge in [0.2, 0.25) is 0 Å². The highest BCUT2D eigenvalue weighted by Gasteiger charge is 2.16. The first-order valence-corrected chi connectivity index (χ1v) is 6.00. The number of hydrogen-bond acceptors (Lipinski definition) is 2. The van der Waals surface area contributed by atoms with Gasteiger partial charge < -0.3 is 0 Å². The minimum absolute atomic E-state index is 0.253. The SMILES string of the molecule is Cc1cscc1C(=O)C1=CCCCC1. The topological polar surface area (TPSA) is 17.1 Å². The summed E-state index contributed by atoms with van der Waals surface area (Å²) in [6.45, 7) is 2.01. The molecule has 0 atom stereocenters. The highest BCUT2D eigenvalue weighted by atomic mass is 32.1. The van der Waals surface area contributed by atoms with E-state index in [9.17, 15) is 4.79 Å². The van der Waals surface area contributed by atoms with Gasteiger partial charge >= 0.3 is 0 Å². The van der Waals surface area contributed by atoms with Crippen LogP contribution in [0, 0.1) is 6.92 Å². The Morgan fingerprint density at radius 1 is 1.36 bits per heavy atom. The van der Waals surface area contributed by atoms with Gasteiger partial charge in [-0.25, -0.2) is 0 Å². The fourth-order valence-electron chi connectivity index (χ4n) is 1.81. The number of thiophene rings is 1. The van der Waals surface area contributed by atoms with E-state index in [0.717, 1.165) is 29.5 Å². The lowest BCUT2D eigenvalue weighted by Gasteiger charge is -2.10. The molecule has 1 nitrogen and oxygen atoms in total. The third-order valence-corrected chi connectivity index (χ3v) is 3.54. The number of carbonyl (C=O) groups is 1. The Hall–Kier alpha value is -0.890. The summed E-state index contributed by atoms with van der Waals surface area (Å²) in [5, 5.41) is 4.00. The average Bonchev–Trinajstić information content (AvgIpc) is 2.65. The summed E-state index contributed by atoms with van der Waals surface area (Å²) in [7, 11) is 0. The maximum absolute atomic E-state index is 12.0. The molecule has 1 aliphatic rings. The second kappa shape index (κ2) is 4.09. The number of allylic oxidation sites excluding steroid dienone is 2. The van der Waals surface area contributed by atoms with E-state index in [1.165, 1.54) is 12.8 Å². The molecule has 0 bridgehead atoms. The number of hydrogen-bond donors (Lipinski definition) is 0. The van der Waals surface area contributed by atoms with Crippen molar-refractivity contribution in [3.05, 3.63) is 33.5 Å². The van der Waals surface area contributed by atoms with E-state index in [4.69, 9.17) is 0 Å². The smallest absolute Gasteiger partial charge is 0.189 e. The van der Waals surface area contributed by atoms with Crippen molar-refractivity contribution in [2.75, 3.05) is 0 Å². The van der Waals surface area contributed by atoms with Crippen LogP contribution in [0.5, 0.6) is 0 Å². The zero-order chi connectivity index (χ0) is 9.97. The van der Waals surface area contributed by atoms with Crippen molar-refractivity contribution < 1.29 is 4.79 Å². The van der Waals surface area contributed by atoms with E-state index in [-0.39, 0.29) is 5.78 Å². The van der Waals surface area contributed by atoms with Crippen molar-refractivity contribution in [3.8, 4) is 0 Å². The van der Waals surface area contributed by atoms with Gasteiger partial charge in [0, 0.05) is 10.9 Å². The Morgan fingerprint density at radius 3 is 2.79 bits per heavy atom. The largest absolute Gasteiger partial charge is 0.289 e. The summed E-state index contributed by atoms with van der Waals surface area (Å²) < 4.78 is 0. The van der Waals surface area contributed by atoms with Crippen molar-refractivity contribution in [2.24, 2.45) is 0 Å². The van der Waals surface area contributed by atoms with E-state index in [0.29, 0.717) is 0 Å². The minimum Gasteiger partial charge on any atom is -0.289 e. The first-order chi connectivity index (χ1) is 6.79.